The van der Waals surface area contributed by atoms with E-state index in [1.165, 1.54) is 12.8 Å². The Morgan fingerprint density at radius 1 is 1.35 bits per heavy atom. The number of nitriles is 1. The molecule has 1 amide bonds. The lowest BCUT2D eigenvalue weighted by Crippen LogP contribution is -2.37. The highest BCUT2D eigenvalue weighted by Crippen LogP contribution is 2.27. The van der Waals surface area contributed by atoms with Gasteiger partial charge in [-0.05, 0) is 49.8 Å². The van der Waals surface area contributed by atoms with Gasteiger partial charge in [0.15, 0.2) is 0 Å². The van der Waals surface area contributed by atoms with Crippen molar-refractivity contribution >= 4 is 11.7 Å². The van der Waals surface area contributed by atoms with Crippen molar-refractivity contribution in [3.05, 3.63) is 23.9 Å². The lowest BCUT2D eigenvalue weighted by atomic mass is 10.1. The van der Waals surface area contributed by atoms with Crippen molar-refractivity contribution in [3.63, 3.8) is 0 Å². The molecule has 0 aromatic carbocycles. The molecule has 23 heavy (non-hydrogen) atoms. The summed E-state index contributed by atoms with van der Waals surface area (Å²) in [5.74, 6) is 2.00. The predicted octanol–water partition coefficient (Wildman–Crippen LogP) is 1.21. The van der Waals surface area contributed by atoms with Crippen molar-refractivity contribution in [1.82, 2.24) is 15.2 Å². The largest absolute Gasteiger partial charge is 0.369 e. The molecule has 0 spiro atoms. The number of carbonyl (C=O) groups is 1. The van der Waals surface area contributed by atoms with Crippen molar-refractivity contribution in [2.45, 2.75) is 19.3 Å². The van der Waals surface area contributed by atoms with E-state index in [9.17, 15) is 4.79 Å². The van der Waals surface area contributed by atoms with E-state index >= 15 is 0 Å². The molecule has 2 aliphatic rings. The zero-order valence-electron chi connectivity index (χ0n) is 13.3. The van der Waals surface area contributed by atoms with Gasteiger partial charge in [0.2, 0.25) is 5.91 Å². The van der Waals surface area contributed by atoms with Gasteiger partial charge in [-0.15, -0.1) is 0 Å². The number of carbonyl (C=O) groups excluding carboxylic acids is 1. The van der Waals surface area contributed by atoms with Crippen molar-refractivity contribution in [2.75, 3.05) is 38.0 Å². The molecule has 6 heteroatoms. The quantitative estimate of drug-likeness (QED) is 0.791. The Hall–Kier alpha value is -2.13. The summed E-state index contributed by atoms with van der Waals surface area (Å²) >= 11 is 0. The van der Waals surface area contributed by atoms with Crippen molar-refractivity contribution in [2.24, 2.45) is 11.8 Å². The molecule has 2 N–H and O–H groups in total. The van der Waals surface area contributed by atoms with Gasteiger partial charge in [0, 0.05) is 25.8 Å². The van der Waals surface area contributed by atoms with Crippen LogP contribution in [0.25, 0.3) is 0 Å². The zero-order valence-corrected chi connectivity index (χ0v) is 13.3. The molecule has 0 radical (unpaired) electrons. The number of nitrogens with zero attached hydrogens (tertiary/aromatic N) is 3. The molecular weight excluding hydrogens is 290 g/mol. The van der Waals surface area contributed by atoms with Gasteiger partial charge in [0.25, 0.3) is 0 Å². The van der Waals surface area contributed by atoms with E-state index in [1.807, 2.05) is 0 Å². The molecule has 1 saturated heterocycles. The molecule has 1 aliphatic heterocycles. The maximum atomic E-state index is 11.9. The Labute approximate surface area is 136 Å². The van der Waals surface area contributed by atoms with E-state index in [-0.39, 0.29) is 5.91 Å². The number of anilines is 1. The van der Waals surface area contributed by atoms with Gasteiger partial charge in [-0.25, -0.2) is 4.98 Å². The van der Waals surface area contributed by atoms with E-state index in [2.05, 4.69) is 26.6 Å². The molecular formula is C17H23N5O. The second kappa shape index (κ2) is 7.42. The molecule has 1 aromatic rings. The summed E-state index contributed by atoms with van der Waals surface area (Å²) in [6.45, 7) is 3.99. The molecule has 122 valence electrons. The minimum Gasteiger partial charge on any atom is -0.369 e. The van der Waals surface area contributed by atoms with Gasteiger partial charge < -0.3 is 10.6 Å². The highest BCUT2D eigenvalue weighted by Gasteiger charge is 2.25. The first-order valence-corrected chi connectivity index (χ1v) is 8.32. The monoisotopic (exact) mass is 313 g/mol. The number of rotatable bonds is 7. The topological polar surface area (TPSA) is 81.1 Å². The van der Waals surface area contributed by atoms with E-state index in [1.54, 1.807) is 18.3 Å². The van der Waals surface area contributed by atoms with Crippen LogP contribution in [0.1, 0.15) is 24.8 Å². The van der Waals surface area contributed by atoms with Crippen LogP contribution in [-0.4, -0.2) is 48.5 Å². The molecule has 2 fully saturated rings. The number of hydrogen-bond donors (Lipinski definition) is 2. The third-order valence-corrected chi connectivity index (χ3v) is 4.51. The highest BCUT2D eigenvalue weighted by molar-refractivity contribution is 5.78. The van der Waals surface area contributed by atoms with E-state index < -0.39 is 0 Å². The first-order chi connectivity index (χ1) is 11.2. The first-order valence-electron chi connectivity index (χ1n) is 8.32. The smallest absolute Gasteiger partial charge is 0.234 e. The fraction of sp³-hybridized carbons (Fsp3) is 0.588. The van der Waals surface area contributed by atoms with Gasteiger partial charge in [-0.2, -0.15) is 5.26 Å². The number of pyridine rings is 1. The van der Waals surface area contributed by atoms with E-state index in [0.717, 1.165) is 38.5 Å². The standard InChI is InChI=1S/C17H23N5O/c18-8-15-2-1-6-19-17(15)21-10-14-5-7-22(11-14)12-16(23)20-9-13-3-4-13/h1-2,6,13-14H,3-5,7,9-12H2,(H,19,21)(H,20,23)/t14-/m1/s1. The maximum Gasteiger partial charge on any atom is 0.234 e. The second-order valence-electron chi connectivity index (χ2n) is 6.53. The Morgan fingerprint density at radius 3 is 3.00 bits per heavy atom. The normalized spacial score (nSPS) is 20.9. The number of amides is 1. The number of likely N-dealkylation sites (tertiary alicyclic amines) is 1. The van der Waals surface area contributed by atoms with Crippen molar-refractivity contribution < 1.29 is 4.79 Å². The Morgan fingerprint density at radius 2 is 2.22 bits per heavy atom. The number of hydrogen-bond acceptors (Lipinski definition) is 5. The first kappa shape index (κ1) is 15.8. The van der Waals surface area contributed by atoms with Gasteiger partial charge in [0.05, 0.1) is 12.1 Å². The molecule has 0 bridgehead atoms. The summed E-state index contributed by atoms with van der Waals surface area (Å²) < 4.78 is 0. The van der Waals surface area contributed by atoms with Crippen molar-refractivity contribution in [3.8, 4) is 6.07 Å². The van der Waals surface area contributed by atoms with Crippen molar-refractivity contribution in [1.29, 1.82) is 5.26 Å². The molecule has 6 nitrogen and oxygen atoms in total. The Kier molecular flexibility index (Phi) is 5.09. The minimum atomic E-state index is 0.141. The summed E-state index contributed by atoms with van der Waals surface area (Å²) in [7, 11) is 0. The summed E-state index contributed by atoms with van der Waals surface area (Å²) in [6.07, 6.45) is 5.28. The molecule has 2 heterocycles. The van der Waals surface area contributed by atoms with Gasteiger partial charge in [-0.3, -0.25) is 9.69 Å². The van der Waals surface area contributed by atoms with Gasteiger partial charge in [0.1, 0.15) is 11.9 Å². The third kappa shape index (κ3) is 4.67. The van der Waals surface area contributed by atoms with Gasteiger partial charge in [-0.1, -0.05) is 0 Å². The SMILES string of the molecule is N#Cc1cccnc1NC[C@H]1CCN(CC(=O)NCC2CC2)C1. The third-order valence-electron chi connectivity index (χ3n) is 4.51. The summed E-state index contributed by atoms with van der Waals surface area (Å²) in [5, 5.41) is 15.3. The van der Waals surface area contributed by atoms with Crippen LogP contribution < -0.4 is 10.6 Å². The Balaban J connectivity index is 1.39. The molecule has 1 atom stereocenters. The van der Waals surface area contributed by atoms with Crippen LogP contribution in [0.2, 0.25) is 0 Å². The summed E-state index contributed by atoms with van der Waals surface area (Å²) in [6, 6.07) is 5.68. The average molecular weight is 313 g/mol. The zero-order chi connectivity index (χ0) is 16.1. The van der Waals surface area contributed by atoms with Crippen LogP contribution in [0.15, 0.2) is 18.3 Å². The lowest BCUT2D eigenvalue weighted by molar-refractivity contribution is -0.122. The minimum absolute atomic E-state index is 0.141. The van der Waals surface area contributed by atoms with E-state index in [4.69, 9.17) is 5.26 Å². The van der Waals surface area contributed by atoms with Crippen LogP contribution in [-0.2, 0) is 4.79 Å². The van der Waals surface area contributed by atoms with Gasteiger partial charge >= 0.3 is 0 Å². The number of aromatic nitrogens is 1. The number of nitrogens with one attached hydrogen (secondary N) is 2. The lowest BCUT2D eigenvalue weighted by Gasteiger charge is -2.16. The molecule has 1 aromatic heterocycles. The van der Waals surface area contributed by atoms with Crippen LogP contribution in [0.3, 0.4) is 0 Å². The Bertz CT molecular complexity index is 593. The molecule has 1 saturated carbocycles. The van der Waals surface area contributed by atoms with E-state index in [0.29, 0.717) is 23.8 Å². The molecule has 1 aliphatic carbocycles. The maximum absolute atomic E-state index is 11.9. The molecule has 3 rings (SSSR count). The summed E-state index contributed by atoms with van der Waals surface area (Å²) in [4.78, 5) is 18.3. The van der Waals surface area contributed by atoms with Crippen LogP contribution in [0.4, 0.5) is 5.82 Å². The van der Waals surface area contributed by atoms with Crippen LogP contribution in [0, 0.1) is 23.2 Å². The highest BCUT2D eigenvalue weighted by atomic mass is 16.2. The fourth-order valence-electron chi connectivity index (χ4n) is 2.94. The van der Waals surface area contributed by atoms with Crippen LogP contribution >= 0.6 is 0 Å². The average Bonchev–Trinajstić information content (AvgIpc) is 3.30. The molecule has 0 unspecified atom stereocenters. The second-order valence-corrected chi connectivity index (χ2v) is 6.53. The summed E-state index contributed by atoms with van der Waals surface area (Å²) in [5.41, 5.74) is 0.571. The fourth-order valence-corrected chi connectivity index (χ4v) is 2.94. The van der Waals surface area contributed by atoms with Crippen LogP contribution in [0.5, 0.6) is 0 Å². The predicted molar refractivity (Wildman–Crippen MR) is 87.7 cm³/mol.